The van der Waals surface area contributed by atoms with Gasteiger partial charge in [-0.15, -0.1) is 0 Å². The standard InChI is InChI=1S/C24H23N3O5/c1-26(2)9-10-27-23(29)19-16-13-14(31-12-11-28)7-8-15(16)21-22(20(19)24(27)30)32-18-6-4-3-5-17(18)25-21/h3-8,13,25,28H,9-12H2,1-2H3. The van der Waals surface area contributed by atoms with Gasteiger partial charge in [-0.2, -0.15) is 0 Å². The SMILES string of the molecule is CN(C)CCn1c(=O)c2c3cc(OCCO)ccc3c3[nH]c4ccccc4oc3c2c1=O. The molecule has 0 saturated carbocycles. The van der Waals surface area contributed by atoms with Crippen molar-refractivity contribution in [3.63, 3.8) is 0 Å². The van der Waals surface area contributed by atoms with E-state index >= 15 is 0 Å². The summed E-state index contributed by atoms with van der Waals surface area (Å²) in [6.45, 7) is 0.843. The van der Waals surface area contributed by atoms with E-state index in [4.69, 9.17) is 14.3 Å². The second-order valence-corrected chi connectivity index (χ2v) is 8.02. The molecule has 0 aliphatic rings. The van der Waals surface area contributed by atoms with Crippen LogP contribution in [0.25, 0.3) is 43.7 Å². The first kappa shape index (κ1) is 20.3. The Balaban J connectivity index is 1.94. The zero-order chi connectivity index (χ0) is 22.4. The number of fused-ring (bicyclic) bond motifs is 7. The molecule has 32 heavy (non-hydrogen) atoms. The summed E-state index contributed by atoms with van der Waals surface area (Å²) in [5, 5.41) is 11.0. The predicted molar refractivity (Wildman–Crippen MR) is 125 cm³/mol. The van der Waals surface area contributed by atoms with Crippen molar-refractivity contribution in [2.24, 2.45) is 0 Å². The number of H-pyrrole nitrogens is 1. The summed E-state index contributed by atoms with van der Waals surface area (Å²) >= 11 is 0. The molecule has 8 heteroatoms. The minimum Gasteiger partial charge on any atom is -0.491 e. The normalized spacial score (nSPS) is 12.0. The molecule has 0 aliphatic carbocycles. The Morgan fingerprint density at radius 3 is 2.62 bits per heavy atom. The highest BCUT2D eigenvalue weighted by Crippen LogP contribution is 2.35. The molecule has 8 nitrogen and oxygen atoms in total. The molecule has 164 valence electrons. The van der Waals surface area contributed by atoms with Crippen LogP contribution in [0.4, 0.5) is 0 Å². The lowest BCUT2D eigenvalue weighted by molar-refractivity contribution is 0.201. The molecule has 2 heterocycles. The molecule has 0 bridgehead atoms. The molecule has 5 rings (SSSR count). The second-order valence-electron chi connectivity index (χ2n) is 8.02. The Bertz CT molecular complexity index is 1590. The van der Waals surface area contributed by atoms with Crippen LogP contribution in [0.3, 0.4) is 0 Å². The lowest BCUT2D eigenvalue weighted by Crippen LogP contribution is -2.30. The Morgan fingerprint density at radius 1 is 1.06 bits per heavy atom. The molecule has 2 aromatic heterocycles. The summed E-state index contributed by atoms with van der Waals surface area (Å²) in [5.74, 6) is 0.512. The molecule has 0 spiro atoms. The number of likely N-dealkylation sites (N-methyl/N-ethyl adjacent to an activating group) is 1. The van der Waals surface area contributed by atoms with E-state index in [1.165, 1.54) is 4.57 Å². The van der Waals surface area contributed by atoms with E-state index in [0.29, 0.717) is 39.7 Å². The molecule has 5 aromatic rings. The first-order valence-electron chi connectivity index (χ1n) is 10.4. The highest BCUT2D eigenvalue weighted by molar-refractivity contribution is 6.23. The number of aromatic amines is 1. The maximum absolute atomic E-state index is 13.4. The lowest BCUT2D eigenvalue weighted by atomic mass is 10.0. The predicted octanol–water partition coefficient (Wildman–Crippen LogP) is 2.68. The zero-order valence-corrected chi connectivity index (χ0v) is 17.8. The number of benzene rings is 3. The molecule has 0 fully saturated rings. The van der Waals surface area contributed by atoms with E-state index in [1.54, 1.807) is 12.1 Å². The highest BCUT2D eigenvalue weighted by Gasteiger charge is 2.22. The summed E-state index contributed by atoms with van der Waals surface area (Å²) in [5.41, 5.74) is 1.66. The summed E-state index contributed by atoms with van der Waals surface area (Å²) in [6, 6.07) is 12.8. The molecular weight excluding hydrogens is 410 g/mol. The van der Waals surface area contributed by atoms with Crippen LogP contribution < -0.4 is 15.9 Å². The van der Waals surface area contributed by atoms with Crippen LogP contribution >= 0.6 is 0 Å². The van der Waals surface area contributed by atoms with Crippen LogP contribution in [0, 0.1) is 0 Å². The topological polar surface area (TPSA) is 101 Å². The van der Waals surface area contributed by atoms with Crippen LogP contribution in [-0.4, -0.2) is 53.4 Å². The number of ether oxygens (including phenoxy) is 1. The van der Waals surface area contributed by atoms with Crippen LogP contribution in [-0.2, 0) is 6.54 Å². The minimum atomic E-state index is -0.368. The molecule has 0 radical (unpaired) electrons. The first-order chi connectivity index (χ1) is 15.5. The van der Waals surface area contributed by atoms with Gasteiger partial charge in [0.1, 0.15) is 12.4 Å². The molecule has 0 saturated heterocycles. The number of rotatable bonds is 6. The van der Waals surface area contributed by atoms with Crippen LogP contribution in [0.5, 0.6) is 5.75 Å². The van der Waals surface area contributed by atoms with Crippen molar-refractivity contribution in [1.82, 2.24) is 14.5 Å². The van der Waals surface area contributed by atoms with Gasteiger partial charge >= 0.3 is 0 Å². The van der Waals surface area contributed by atoms with Crippen LogP contribution in [0.1, 0.15) is 0 Å². The van der Waals surface area contributed by atoms with Crippen molar-refractivity contribution >= 4 is 43.7 Å². The Kier molecular flexibility index (Phi) is 4.96. The first-order valence-corrected chi connectivity index (χ1v) is 10.4. The second kappa shape index (κ2) is 7.81. The van der Waals surface area contributed by atoms with Crippen molar-refractivity contribution in [1.29, 1.82) is 0 Å². The Hall–Kier alpha value is -3.62. The van der Waals surface area contributed by atoms with Crippen molar-refractivity contribution < 1.29 is 14.3 Å². The number of hydrogen-bond donors (Lipinski definition) is 2. The third-order valence-electron chi connectivity index (χ3n) is 5.64. The molecule has 0 aliphatic heterocycles. The summed E-state index contributed by atoms with van der Waals surface area (Å²) in [6.07, 6.45) is 0. The van der Waals surface area contributed by atoms with Gasteiger partial charge in [-0.05, 0) is 44.4 Å². The van der Waals surface area contributed by atoms with E-state index in [9.17, 15) is 9.59 Å². The van der Waals surface area contributed by atoms with E-state index in [1.807, 2.05) is 49.3 Å². The third-order valence-corrected chi connectivity index (χ3v) is 5.64. The van der Waals surface area contributed by atoms with Gasteiger partial charge in [0.25, 0.3) is 11.1 Å². The fourth-order valence-electron chi connectivity index (χ4n) is 4.12. The van der Waals surface area contributed by atoms with Crippen molar-refractivity contribution in [3.05, 3.63) is 63.2 Å². The monoisotopic (exact) mass is 433 g/mol. The molecule has 3 aromatic carbocycles. The molecular formula is C24H23N3O5. The fourth-order valence-corrected chi connectivity index (χ4v) is 4.12. The number of hydrogen-bond acceptors (Lipinski definition) is 6. The number of aromatic nitrogens is 2. The average Bonchev–Trinajstić information content (AvgIpc) is 3.05. The molecule has 0 amide bonds. The van der Waals surface area contributed by atoms with Crippen molar-refractivity contribution in [3.8, 4) is 5.75 Å². The summed E-state index contributed by atoms with van der Waals surface area (Å²) in [7, 11) is 3.79. The molecule has 0 atom stereocenters. The van der Waals surface area contributed by atoms with Gasteiger partial charge in [0.15, 0.2) is 11.2 Å². The van der Waals surface area contributed by atoms with Crippen molar-refractivity contribution in [2.75, 3.05) is 33.9 Å². The van der Waals surface area contributed by atoms with E-state index in [-0.39, 0.29) is 36.3 Å². The van der Waals surface area contributed by atoms with Gasteiger partial charge in [0.2, 0.25) is 0 Å². The van der Waals surface area contributed by atoms with Gasteiger partial charge in [-0.3, -0.25) is 14.2 Å². The number of nitrogens with one attached hydrogen (secondary N) is 1. The molecule has 0 unspecified atom stereocenters. The maximum atomic E-state index is 13.4. The van der Waals surface area contributed by atoms with Gasteiger partial charge in [0, 0.05) is 23.9 Å². The van der Waals surface area contributed by atoms with Gasteiger partial charge < -0.3 is 24.1 Å². The number of para-hydroxylation sites is 2. The van der Waals surface area contributed by atoms with Crippen LogP contribution in [0.15, 0.2) is 56.5 Å². The zero-order valence-electron chi connectivity index (χ0n) is 17.8. The van der Waals surface area contributed by atoms with Gasteiger partial charge in [-0.25, -0.2) is 0 Å². The third kappa shape index (κ3) is 3.16. The number of aliphatic hydroxyl groups is 1. The van der Waals surface area contributed by atoms with E-state index in [2.05, 4.69) is 4.98 Å². The Morgan fingerprint density at radius 2 is 1.84 bits per heavy atom. The Labute approximate surface area is 182 Å². The molecule has 2 N–H and O–H groups in total. The quantitative estimate of drug-likeness (QED) is 0.315. The summed E-state index contributed by atoms with van der Waals surface area (Å²) in [4.78, 5) is 32.1. The van der Waals surface area contributed by atoms with E-state index < -0.39 is 0 Å². The largest absolute Gasteiger partial charge is 0.491 e. The highest BCUT2D eigenvalue weighted by atomic mass is 16.5. The van der Waals surface area contributed by atoms with Gasteiger partial charge in [-0.1, -0.05) is 12.1 Å². The van der Waals surface area contributed by atoms with Crippen molar-refractivity contribution in [2.45, 2.75) is 6.54 Å². The fraction of sp³-hybridized carbons (Fsp3) is 0.250. The number of aliphatic hydroxyl groups excluding tert-OH is 1. The maximum Gasteiger partial charge on any atom is 0.265 e. The van der Waals surface area contributed by atoms with E-state index in [0.717, 1.165) is 10.9 Å². The van der Waals surface area contributed by atoms with Crippen LogP contribution in [0.2, 0.25) is 0 Å². The number of nitrogens with zero attached hydrogens (tertiary/aromatic N) is 2. The average molecular weight is 433 g/mol. The lowest BCUT2D eigenvalue weighted by Gasteiger charge is -2.10. The smallest absolute Gasteiger partial charge is 0.265 e. The van der Waals surface area contributed by atoms with Gasteiger partial charge in [0.05, 0.1) is 28.4 Å². The minimum absolute atomic E-state index is 0.123. The summed E-state index contributed by atoms with van der Waals surface area (Å²) < 4.78 is 13.0.